The topological polar surface area (TPSA) is 25.8 Å². The zero-order valence-corrected chi connectivity index (χ0v) is 28.0. The summed E-state index contributed by atoms with van der Waals surface area (Å²) in [7, 11) is 0. The van der Waals surface area contributed by atoms with E-state index in [1.807, 2.05) is 0 Å². The van der Waals surface area contributed by atoms with E-state index in [0.29, 0.717) is 0 Å². The van der Waals surface area contributed by atoms with Crippen molar-refractivity contribution in [3.8, 4) is 33.6 Å². The number of nitrogens with zero attached hydrogens (tertiary/aromatic N) is 2. The predicted octanol–water partition coefficient (Wildman–Crippen LogP) is 10.7. The molecule has 2 heteroatoms. The molecule has 4 aliphatic rings. The summed E-state index contributed by atoms with van der Waals surface area (Å²) in [4.78, 5) is 11.3. The van der Waals surface area contributed by atoms with Gasteiger partial charge in [0.25, 0.3) is 0 Å². The fourth-order valence-electron chi connectivity index (χ4n) is 9.52. The lowest BCUT2D eigenvalue weighted by atomic mass is 9.58. The number of hydrogen-bond acceptors (Lipinski definition) is 2. The molecule has 0 atom stereocenters. The van der Waals surface area contributed by atoms with Crippen LogP contribution < -0.4 is 0 Å². The maximum atomic E-state index is 5.69. The Morgan fingerprint density at radius 2 is 0.959 bits per heavy atom. The third kappa shape index (κ3) is 3.72. The van der Waals surface area contributed by atoms with Crippen LogP contribution in [0.4, 0.5) is 0 Å². The van der Waals surface area contributed by atoms with Crippen molar-refractivity contribution >= 4 is 0 Å². The van der Waals surface area contributed by atoms with Crippen molar-refractivity contribution < 1.29 is 0 Å². The molecular weight excluding hydrogens is 593 g/mol. The number of hydrogen-bond donors (Lipinski definition) is 0. The van der Waals surface area contributed by atoms with Crippen LogP contribution in [0.1, 0.15) is 71.1 Å². The van der Waals surface area contributed by atoms with Crippen molar-refractivity contribution in [2.45, 2.75) is 43.4 Å². The Labute approximate surface area is 288 Å². The minimum Gasteiger partial charge on any atom is -0.231 e. The van der Waals surface area contributed by atoms with Gasteiger partial charge in [0, 0.05) is 22.0 Å². The van der Waals surface area contributed by atoms with Crippen molar-refractivity contribution in [2.75, 3.05) is 0 Å². The van der Waals surface area contributed by atoms with Crippen molar-refractivity contribution in [2.24, 2.45) is 0 Å². The lowest BCUT2D eigenvalue weighted by molar-refractivity contribution is 0.532. The zero-order valence-electron chi connectivity index (χ0n) is 28.0. The van der Waals surface area contributed by atoms with Crippen molar-refractivity contribution in [1.82, 2.24) is 9.97 Å². The van der Waals surface area contributed by atoms with E-state index in [1.54, 1.807) is 0 Å². The van der Waals surface area contributed by atoms with Gasteiger partial charge in [0.05, 0.1) is 11.4 Å². The lowest BCUT2D eigenvalue weighted by Gasteiger charge is -2.45. The molecule has 7 aromatic rings. The first kappa shape index (κ1) is 28.4. The molecule has 0 saturated carbocycles. The molecular formula is C47H36N2. The number of aromatic nitrogens is 2. The van der Waals surface area contributed by atoms with Gasteiger partial charge >= 0.3 is 0 Å². The highest BCUT2D eigenvalue weighted by Gasteiger charge is 2.55. The summed E-state index contributed by atoms with van der Waals surface area (Å²) in [5.41, 5.74) is 16.4. The first-order valence-electron chi connectivity index (χ1n) is 17.4. The average Bonchev–Trinajstić information content (AvgIpc) is 3.25. The number of benzene rings is 6. The van der Waals surface area contributed by atoms with Crippen molar-refractivity contribution in [1.29, 1.82) is 0 Å². The third-order valence-electron chi connectivity index (χ3n) is 11.8. The molecule has 0 aliphatic heterocycles. The van der Waals surface area contributed by atoms with Crippen molar-refractivity contribution in [3.63, 3.8) is 0 Å². The van der Waals surface area contributed by atoms with Crippen LogP contribution in [0.3, 0.4) is 0 Å². The minimum atomic E-state index is -0.689. The molecule has 0 N–H and O–H groups in total. The molecule has 234 valence electrons. The highest BCUT2D eigenvalue weighted by Crippen LogP contribution is 2.60. The predicted molar refractivity (Wildman–Crippen MR) is 199 cm³/mol. The van der Waals surface area contributed by atoms with E-state index in [4.69, 9.17) is 9.97 Å². The molecule has 4 aliphatic carbocycles. The molecule has 0 fully saturated rings. The van der Waals surface area contributed by atoms with E-state index >= 15 is 0 Å². The van der Waals surface area contributed by atoms with Crippen LogP contribution in [-0.4, -0.2) is 9.97 Å². The third-order valence-corrected chi connectivity index (χ3v) is 11.8. The summed E-state index contributed by atoms with van der Waals surface area (Å²) in [5.74, 6) is 0.822. The van der Waals surface area contributed by atoms with Gasteiger partial charge in [0.2, 0.25) is 0 Å². The first-order chi connectivity index (χ1) is 23.9. The highest BCUT2D eigenvalue weighted by molar-refractivity contribution is 5.84. The Morgan fingerprint density at radius 1 is 0.429 bits per heavy atom. The maximum Gasteiger partial charge on any atom is 0.149 e. The fraction of sp³-hybridized carbons (Fsp3) is 0.149. The quantitative estimate of drug-likeness (QED) is 0.195. The molecule has 1 heterocycles. The van der Waals surface area contributed by atoms with Gasteiger partial charge in [-0.3, -0.25) is 0 Å². The molecule has 2 bridgehead atoms. The van der Waals surface area contributed by atoms with E-state index in [2.05, 4.69) is 172 Å². The Balaban J connectivity index is 1.31. The van der Waals surface area contributed by atoms with Gasteiger partial charge in [-0.2, -0.15) is 0 Å². The van der Waals surface area contributed by atoms with Gasteiger partial charge in [0.15, 0.2) is 0 Å². The van der Waals surface area contributed by atoms with Crippen LogP contribution >= 0.6 is 0 Å². The van der Waals surface area contributed by atoms with Gasteiger partial charge in [0.1, 0.15) is 11.2 Å². The van der Waals surface area contributed by atoms with Crippen LogP contribution in [0.2, 0.25) is 0 Å². The second-order valence-corrected chi connectivity index (χ2v) is 14.8. The molecule has 0 amide bonds. The summed E-state index contributed by atoms with van der Waals surface area (Å²) in [6.45, 7) is 7.11. The Kier molecular flexibility index (Phi) is 5.78. The normalized spacial score (nSPS) is 20.4. The van der Waals surface area contributed by atoms with E-state index in [1.165, 1.54) is 55.6 Å². The summed E-state index contributed by atoms with van der Waals surface area (Å²) in [6.07, 6.45) is 0.921. The van der Waals surface area contributed by atoms with Gasteiger partial charge < -0.3 is 0 Å². The molecule has 11 rings (SSSR count). The second kappa shape index (κ2) is 9.96. The fourth-order valence-corrected chi connectivity index (χ4v) is 9.52. The van der Waals surface area contributed by atoms with E-state index in [0.717, 1.165) is 34.8 Å². The summed E-state index contributed by atoms with van der Waals surface area (Å²) < 4.78 is 0. The van der Waals surface area contributed by atoms with Crippen LogP contribution in [0, 0.1) is 0 Å². The molecule has 0 radical (unpaired) electrons. The number of fused-ring (bicyclic) bond motifs is 3. The highest BCUT2D eigenvalue weighted by atomic mass is 14.9. The molecule has 0 spiro atoms. The standard InChI is InChI=1S/C47H36N2/c1-45(2)36-20-10-8-18-33(36)34-26-25-31(27-41(34)45)43-28-42(30-15-5-4-6-16-30)48-44(49-43)47-35-19-9-7-17-32(35)29-46(3,37-21-11-13-23-39(37)47)38-22-12-14-24-40(38)47/h4-28H,29H2,1-3H3. The molecule has 1 aromatic heterocycles. The summed E-state index contributed by atoms with van der Waals surface area (Å²) in [5, 5.41) is 0. The molecule has 2 nitrogen and oxygen atoms in total. The smallest absolute Gasteiger partial charge is 0.149 e. The average molecular weight is 629 g/mol. The van der Waals surface area contributed by atoms with Gasteiger partial charge in [-0.25, -0.2) is 9.97 Å². The molecule has 0 unspecified atom stereocenters. The van der Waals surface area contributed by atoms with Gasteiger partial charge in [-0.1, -0.05) is 160 Å². The largest absolute Gasteiger partial charge is 0.231 e. The Bertz CT molecular complexity index is 2420. The Morgan fingerprint density at radius 3 is 1.65 bits per heavy atom. The molecule has 0 saturated heterocycles. The summed E-state index contributed by atoms with van der Waals surface area (Å²) in [6, 6.07) is 55.7. The first-order valence-corrected chi connectivity index (χ1v) is 17.4. The van der Waals surface area contributed by atoms with Crippen LogP contribution in [-0.2, 0) is 22.7 Å². The Hall–Kier alpha value is -5.60. The van der Waals surface area contributed by atoms with E-state index < -0.39 is 5.41 Å². The lowest BCUT2D eigenvalue weighted by Crippen LogP contribution is -2.42. The van der Waals surface area contributed by atoms with Crippen LogP contribution in [0.15, 0.2) is 152 Å². The van der Waals surface area contributed by atoms with E-state index in [9.17, 15) is 0 Å². The monoisotopic (exact) mass is 628 g/mol. The van der Waals surface area contributed by atoms with Crippen LogP contribution in [0.25, 0.3) is 33.6 Å². The zero-order chi connectivity index (χ0) is 33.0. The second-order valence-electron chi connectivity index (χ2n) is 14.8. The van der Waals surface area contributed by atoms with E-state index in [-0.39, 0.29) is 10.8 Å². The van der Waals surface area contributed by atoms with Crippen molar-refractivity contribution in [3.05, 3.63) is 202 Å². The minimum absolute atomic E-state index is 0.106. The van der Waals surface area contributed by atoms with Crippen LogP contribution in [0.5, 0.6) is 0 Å². The van der Waals surface area contributed by atoms with Gasteiger partial charge in [-0.05, 0) is 74.2 Å². The number of rotatable bonds is 3. The summed E-state index contributed by atoms with van der Waals surface area (Å²) >= 11 is 0. The molecule has 6 aromatic carbocycles. The SMILES string of the molecule is CC1(C)c2ccccc2-c2ccc(-c3cc(-c4ccccc4)nc(C45c6ccccc6CC(C)(c6ccccc64)c4ccccc45)n3)cc21. The van der Waals surface area contributed by atoms with Gasteiger partial charge in [-0.15, -0.1) is 0 Å². The molecule has 49 heavy (non-hydrogen) atoms. The maximum absolute atomic E-state index is 5.69.